The summed E-state index contributed by atoms with van der Waals surface area (Å²) in [4.78, 5) is 13.2. The second-order valence-corrected chi connectivity index (χ2v) is 7.54. The van der Waals surface area contributed by atoms with E-state index < -0.39 is 5.97 Å². The molecule has 104 valence electrons. The lowest BCUT2D eigenvalue weighted by molar-refractivity contribution is -0.132. The Balaban J connectivity index is 3.52. The molecule has 1 aromatic carbocycles. The van der Waals surface area contributed by atoms with Gasteiger partial charge in [0.2, 0.25) is 0 Å². The molecule has 0 saturated carbocycles. The summed E-state index contributed by atoms with van der Waals surface area (Å²) in [6, 6.07) is 2.08. The molecule has 0 heterocycles. The van der Waals surface area contributed by atoms with E-state index in [2.05, 4.69) is 78.7 Å². The average molecular weight is 597 g/mol. The Kier molecular flexibility index (Phi) is 6.84. The molecule has 0 aliphatic carbocycles. The van der Waals surface area contributed by atoms with Crippen LogP contribution in [0.1, 0.15) is 18.9 Å². The van der Waals surface area contributed by atoms with E-state index in [-0.39, 0.29) is 0 Å². The highest BCUT2D eigenvalue weighted by Gasteiger charge is 2.15. The zero-order valence-electron chi connectivity index (χ0n) is 10.8. The summed E-state index contributed by atoms with van der Waals surface area (Å²) in [6.07, 6.45) is 2.31. The number of hydrogen-bond acceptors (Lipinski definition) is 2. The smallest absolute Gasteiger partial charge is 0.331 e. The van der Waals surface area contributed by atoms with Crippen LogP contribution in [0.3, 0.4) is 0 Å². The molecule has 1 rings (SSSR count). The number of nitrogens with zero attached hydrogens (tertiary/aromatic N) is 1. The van der Waals surface area contributed by atoms with Gasteiger partial charge in [-0.3, -0.25) is 0 Å². The SMILES string of the molecule is CCC(=Cc1c(I)cc(I)c(N(C)C)c1I)C(=O)O. The lowest BCUT2D eigenvalue weighted by atomic mass is 10.1. The van der Waals surface area contributed by atoms with Gasteiger partial charge in [0.1, 0.15) is 0 Å². The van der Waals surface area contributed by atoms with E-state index in [1.54, 1.807) is 6.08 Å². The standard InChI is InChI=1S/C13H14I3NO2/c1-4-7(13(18)19)5-8-9(14)6-10(15)12(11(8)16)17(2)3/h5-6H,4H2,1-3H3,(H,18,19). The van der Waals surface area contributed by atoms with Gasteiger partial charge in [-0.2, -0.15) is 0 Å². The molecule has 3 nitrogen and oxygen atoms in total. The number of rotatable bonds is 4. The van der Waals surface area contributed by atoms with E-state index in [0.29, 0.717) is 12.0 Å². The summed E-state index contributed by atoms with van der Waals surface area (Å²) >= 11 is 6.86. The van der Waals surface area contributed by atoms with Gasteiger partial charge >= 0.3 is 5.97 Å². The normalized spacial score (nSPS) is 11.6. The Morgan fingerprint density at radius 2 is 1.89 bits per heavy atom. The van der Waals surface area contributed by atoms with Crippen LogP contribution < -0.4 is 4.90 Å². The van der Waals surface area contributed by atoms with Crippen molar-refractivity contribution >= 4 is 85.5 Å². The summed E-state index contributed by atoms with van der Waals surface area (Å²) in [5.74, 6) is -0.848. The van der Waals surface area contributed by atoms with Gasteiger partial charge in [0.05, 0.1) is 5.69 Å². The van der Waals surface area contributed by atoms with Crippen LogP contribution in [0, 0.1) is 10.7 Å². The van der Waals surface area contributed by atoms with Gasteiger partial charge < -0.3 is 10.0 Å². The van der Waals surface area contributed by atoms with Gasteiger partial charge in [-0.15, -0.1) is 0 Å². The minimum absolute atomic E-state index is 0.432. The summed E-state index contributed by atoms with van der Waals surface area (Å²) in [6.45, 7) is 1.86. The maximum atomic E-state index is 11.2. The average Bonchev–Trinajstić information content (AvgIpc) is 2.27. The number of benzene rings is 1. The quantitative estimate of drug-likeness (QED) is 0.413. The van der Waals surface area contributed by atoms with Gasteiger partial charge in [0.25, 0.3) is 0 Å². The van der Waals surface area contributed by atoms with E-state index in [0.717, 1.165) is 18.4 Å². The fourth-order valence-corrected chi connectivity index (χ4v) is 6.27. The molecule has 0 aromatic heterocycles. The number of carbonyl (C=O) groups is 1. The van der Waals surface area contributed by atoms with E-state index in [4.69, 9.17) is 5.11 Å². The van der Waals surface area contributed by atoms with Gasteiger partial charge in [0, 0.05) is 35.9 Å². The zero-order valence-corrected chi connectivity index (χ0v) is 17.3. The largest absolute Gasteiger partial charge is 0.478 e. The van der Waals surface area contributed by atoms with Crippen LogP contribution in [0.4, 0.5) is 5.69 Å². The molecule has 0 aliphatic heterocycles. The topological polar surface area (TPSA) is 40.5 Å². The first-order valence-corrected chi connectivity index (χ1v) is 8.81. The van der Waals surface area contributed by atoms with Crippen molar-refractivity contribution in [3.8, 4) is 0 Å². The van der Waals surface area contributed by atoms with Crippen LogP contribution in [0.5, 0.6) is 0 Å². The lowest BCUT2D eigenvalue weighted by Gasteiger charge is -2.19. The number of aliphatic carboxylic acids is 1. The fraction of sp³-hybridized carbons (Fsp3) is 0.308. The number of anilines is 1. The Morgan fingerprint density at radius 3 is 2.32 bits per heavy atom. The number of halogens is 3. The van der Waals surface area contributed by atoms with Gasteiger partial charge in [-0.25, -0.2) is 4.79 Å². The molecule has 0 aliphatic rings. The molecule has 6 heteroatoms. The molecular weight excluding hydrogens is 583 g/mol. The number of hydrogen-bond donors (Lipinski definition) is 1. The fourth-order valence-electron chi connectivity index (χ4n) is 1.63. The second kappa shape index (κ2) is 7.43. The highest BCUT2D eigenvalue weighted by molar-refractivity contribution is 14.1. The molecule has 0 fully saturated rings. The van der Waals surface area contributed by atoms with Crippen LogP contribution >= 0.6 is 67.8 Å². The molecule has 0 unspecified atom stereocenters. The molecule has 0 radical (unpaired) electrons. The number of carboxylic acid groups (broad SMARTS) is 1. The highest BCUT2D eigenvalue weighted by Crippen LogP contribution is 2.34. The minimum atomic E-state index is -0.848. The van der Waals surface area contributed by atoms with Crippen molar-refractivity contribution in [2.24, 2.45) is 0 Å². The molecule has 1 N–H and O–H groups in total. The van der Waals surface area contributed by atoms with Crippen LogP contribution in [0.25, 0.3) is 6.08 Å². The van der Waals surface area contributed by atoms with Crippen molar-refractivity contribution < 1.29 is 9.90 Å². The molecule has 19 heavy (non-hydrogen) atoms. The summed E-state index contributed by atoms with van der Waals surface area (Å²) in [7, 11) is 4.00. The first-order chi connectivity index (χ1) is 8.79. The van der Waals surface area contributed by atoms with Gasteiger partial charge in [-0.05, 0) is 86.3 Å². The Morgan fingerprint density at radius 1 is 1.32 bits per heavy atom. The molecule has 0 amide bonds. The van der Waals surface area contributed by atoms with E-state index >= 15 is 0 Å². The third-order valence-electron chi connectivity index (χ3n) is 2.60. The maximum Gasteiger partial charge on any atom is 0.331 e. The predicted molar refractivity (Wildman–Crippen MR) is 105 cm³/mol. The number of carboxylic acids is 1. The minimum Gasteiger partial charge on any atom is -0.478 e. The van der Waals surface area contributed by atoms with Crippen molar-refractivity contribution in [3.63, 3.8) is 0 Å². The monoisotopic (exact) mass is 597 g/mol. The molecule has 0 saturated heterocycles. The first-order valence-electron chi connectivity index (χ1n) is 5.58. The highest BCUT2D eigenvalue weighted by atomic mass is 127. The summed E-state index contributed by atoms with van der Waals surface area (Å²) < 4.78 is 3.33. The second-order valence-electron chi connectivity index (χ2n) is 4.14. The molecule has 0 atom stereocenters. The summed E-state index contributed by atoms with van der Waals surface area (Å²) in [5.41, 5.74) is 2.56. The van der Waals surface area contributed by atoms with E-state index in [1.807, 2.05) is 21.0 Å². The molecule has 0 bridgehead atoms. The molecular formula is C13H14I3NO2. The third kappa shape index (κ3) is 4.19. The van der Waals surface area contributed by atoms with Crippen molar-refractivity contribution in [2.45, 2.75) is 13.3 Å². The first kappa shape index (κ1) is 17.5. The Hall–Kier alpha value is 0.420. The molecule has 0 spiro atoms. The third-order valence-corrected chi connectivity index (χ3v) is 5.41. The van der Waals surface area contributed by atoms with E-state index in [1.165, 1.54) is 3.57 Å². The zero-order chi connectivity index (χ0) is 14.7. The van der Waals surface area contributed by atoms with Gasteiger partial charge in [0.15, 0.2) is 0 Å². The maximum absolute atomic E-state index is 11.2. The summed E-state index contributed by atoms with van der Waals surface area (Å²) in [5, 5.41) is 9.16. The molecule has 1 aromatic rings. The van der Waals surface area contributed by atoms with Crippen molar-refractivity contribution in [2.75, 3.05) is 19.0 Å². The van der Waals surface area contributed by atoms with Crippen LogP contribution in [-0.4, -0.2) is 25.2 Å². The van der Waals surface area contributed by atoms with Crippen LogP contribution in [0.15, 0.2) is 11.6 Å². The lowest BCUT2D eigenvalue weighted by Crippen LogP contribution is -2.13. The predicted octanol–water partition coefficient (Wildman–Crippen LogP) is 4.44. The van der Waals surface area contributed by atoms with Gasteiger partial charge in [-0.1, -0.05) is 6.92 Å². The van der Waals surface area contributed by atoms with Crippen LogP contribution in [-0.2, 0) is 4.79 Å². The van der Waals surface area contributed by atoms with Crippen molar-refractivity contribution in [3.05, 3.63) is 27.9 Å². The van der Waals surface area contributed by atoms with Crippen molar-refractivity contribution in [1.82, 2.24) is 0 Å². The Bertz CT molecular complexity index is 539. The Labute approximate surface area is 154 Å². The van der Waals surface area contributed by atoms with E-state index in [9.17, 15) is 4.79 Å². The van der Waals surface area contributed by atoms with Crippen molar-refractivity contribution in [1.29, 1.82) is 0 Å². The van der Waals surface area contributed by atoms with Crippen LogP contribution in [0.2, 0.25) is 0 Å².